The Labute approximate surface area is 171 Å². The first-order chi connectivity index (χ1) is 13.6. The Morgan fingerprint density at radius 2 is 2.07 bits per heavy atom. The first-order valence-electron chi connectivity index (χ1n) is 10.0. The molecule has 5 nitrogen and oxygen atoms in total. The van der Waals surface area contributed by atoms with Crippen LogP contribution in [0.2, 0.25) is 0 Å². The predicted octanol–water partition coefficient (Wildman–Crippen LogP) is 5.02. The van der Waals surface area contributed by atoms with Crippen molar-refractivity contribution in [2.24, 2.45) is 0 Å². The van der Waals surface area contributed by atoms with Gasteiger partial charge in [-0.15, -0.1) is 11.8 Å². The summed E-state index contributed by atoms with van der Waals surface area (Å²) in [5.41, 5.74) is 4.03. The molecular formula is C22H28N4OS. The number of hydrogen-bond acceptors (Lipinski definition) is 4. The molecule has 0 bridgehead atoms. The second-order valence-electron chi connectivity index (χ2n) is 7.35. The summed E-state index contributed by atoms with van der Waals surface area (Å²) in [5, 5.41) is 17.1. The summed E-state index contributed by atoms with van der Waals surface area (Å²) in [5.74, 6) is 0.0306. The van der Waals surface area contributed by atoms with Gasteiger partial charge in [-0.05, 0) is 50.8 Å². The fourth-order valence-corrected chi connectivity index (χ4v) is 5.11. The molecule has 1 amide bonds. The molecule has 1 fully saturated rings. The fraction of sp³-hybridized carbons (Fsp3) is 0.500. The SMILES string of the molecule is Cc1nn(CCC#N)c(C)c1CCC(=O)Nc1ccccc1SC1CCCC1. The van der Waals surface area contributed by atoms with Crippen molar-refractivity contribution in [2.45, 2.75) is 75.5 Å². The van der Waals surface area contributed by atoms with Gasteiger partial charge in [0.05, 0.1) is 30.4 Å². The van der Waals surface area contributed by atoms with Crippen molar-refractivity contribution in [1.29, 1.82) is 5.26 Å². The molecule has 6 heteroatoms. The predicted molar refractivity (Wildman–Crippen MR) is 113 cm³/mol. The highest BCUT2D eigenvalue weighted by molar-refractivity contribution is 8.00. The van der Waals surface area contributed by atoms with Crippen molar-refractivity contribution >= 4 is 23.4 Å². The van der Waals surface area contributed by atoms with Crippen LogP contribution in [-0.4, -0.2) is 20.9 Å². The van der Waals surface area contributed by atoms with Gasteiger partial charge in [0, 0.05) is 22.3 Å². The van der Waals surface area contributed by atoms with E-state index in [1.807, 2.05) is 48.5 Å². The maximum atomic E-state index is 12.6. The third-order valence-electron chi connectivity index (χ3n) is 5.33. The molecule has 0 unspecified atom stereocenters. The molecule has 0 saturated heterocycles. The summed E-state index contributed by atoms with van der Waals surface area (Å²) in [7, 11) is 0. The fourth-order valence-electron chi connectivity index (χ4n) is 3.78. The van der Waals surface area contributed by atoms with Gasteiger partial charge in [-0.1, -0.05) is 25.0 Å². The van der Waals surface area contributed by atoms with E-state index in [4.69, 9.17) is 5.26 Å². The Morgan fingerprint density at radius 1 is 1.32 bits per heavy atom. The van der Waals surface area contributed by atoms with E-state index in [0.717, 1.165) is 22.6 Å². The highest BCUT2D eigenvalue weighted by Gasteiger charge is 2.18. The van der Waals surface area contributed by atoms with E-state index in [1.54, 1.807) is 0 Å². The van der Waals surface area contributed by atoms with Crippen molar-refractivity contribution in [3.8, 4) is 6.07 Å². The van der Waals surface area contributed by atoms with Gasteiger partial charge in [0.1, 0.15) is 0 Å². The third-order valence-corrected chi connectivity index (χ3v) is 6.74. The Morgan fingerprint density at radius 3 is 2.82 bits per heavy atom. The largest absolute Gasteiger partial charge is 0.325 e. The van der Waals surface area contributed by atoms with Crippen LogP contribution in [0.25, 0.3) is 0 Å². The van der Waals surface area contributed by atoms with Crippen LogP contribution in [-0.2, 0) is 17.8 Å². The molecule has 3 rings (SSSR count). The third kappa shape index (κ3) is 5.17. The first kappa shape index (κ1) is 20.5. The van der Waals surface area contributed by atoms with Gasteiger partial charge in [-0.3, -0.25) is 9.48 Å². The molecule has 0 aliphatic heterocycles. The van der Waals surface area contributed by atoms with Crippen LogP contribution in [0.3, 0.4) is 0 Å². The zero-order valence-electron chi connectivity index (χ0n) is 16.7. The molecule has 1 saturated carbocycles. The summed E-state index contributed by atoms with van der Waals surface area (Å²) in [6, 6.07) is 10.3. The summed E-state index contributed by atoms with van der Waals surface area (Å²) in [6.45, 7) is 4.58. The van der Waals surface area contributed by atoms with E-state index in [9.17, 15) is 4.79 Å². The van der Waals surface area contributed by atoms with E-state index in [-0.39, 0.29) is 5.91 Å². The molecule has 1 N–H and O–H groups in total. The lowest BCUT2D eigenvalue weighted by Gasteiger charge is -2.14. The number of aromatic nitrogens is 2. The van der Waals surface area contributed by atoms with Crippen molar-refractivity contribution in [2.75, 3.05) is 5.32 Å². The number of nitrogens with zero attached hydrogens (tertiary/aromatic N) is 3. The number of carbonyl (C=O) groups excluding carboxylic acids is 1. The molecule has 0 spiro atoms. The van der Waals surface area contributed by atoms with Crippen LogP contribution in [0.4, 0.5) is 5.69 Å². The number of thioether (sulfide) groups is 1. The number of para-hydroxylation sites is 1. The highest BCUT2D eigenvalue weighted by atomic mass is 32.2. The lowest BCUT2D eigenvalue weighted by atomic mass is 10.1. The van der Waals surface area contributed by atoms with Gasteiger partial charge in [0.25, 0.3) is 0 Å². The van der Waals surface area contributed by atoms with E-state index in [1.165, 1.54) is 30.6 Å². The van der Waals surface area contributed by atoms with Gasteiger partial charge < -0.3 is 5.32 Å². The molecule has 28 heavy (non-hydrogen) atoms. The minimum Gasteiger partial charge on any atom is -0.325 e. The zero-order valence-corrected chi connectivity index (χ0v) is 17.5. The number of amides is 1. The number of rotatable bonds is 8. The number of nitrogens with one attached hydrogen (secondary N) is 1. The van der Waals surface area contributed by atoms with Crippen molar-refractivity contribution in [1.82, 2.24) is 9.78 Å². The Kier molecular flexibility index (Phi) is 7.16. The van der Waals surface area contributed by atoms with Gasteiger partial charge in [-0.25, -0.2) is 0 Å². The maximum Gasteiger partial charge on any atom is 0.224 e. The summed E-state index contributed by atoms with van der Waals surface area (Å²) >= 11 is 1.90. The Balaban J connectivity index is 1.59. The number of carbonyl (C=O) groups is 1. The van der Waals surface area contributed by atoms with Crippen molar-refractivity contribution in [3.63, 3.8) is 0 Å². The molecule has 1 aromatic heterocycles. The van der Waals surface area contributed by atoms with Crippen molar-refractivity contribution < 1.29 is 4.79 Å². The van der Waals surface area contributed by atoms with Gasteiger partial charge >= 0.3 is 0 Å². The van der Waals surface area contributed by atoms with Gasteiger partial charge in [-0.2, -0.15) is 10.4 Å². The molecule has 0 radical (unpaired) electrons. The zero-order chi connectivity index (χ0) is 19.9. The standard InChI is InChI=1S/C22H28N4OS/c1-16-19(17(2)26(25-16)15-7-14-23)12-13-22(27)24-20-10-5-6-11-21(20)28-18-8-3-4-9-18/h5-6,10-11,18H,3-4,7-9,12-13,15H2,1-2H3,(H,24,27). The summed E-state index contributed by atoms with van der Waals surface area (Å²) in [4.78, 5) is 13.8. The average Bonchev–Trinajstić information content (AvgIpc) is 3.28. The molecule has 1 heterocycles. The quantitative estimate of drug-likeness (QED) is 0.680. The number of nitriles is 1. The van der Waals surface area contributed by atoms with E-state index in [0.29, 0.717) is 31.1 Å². The maximum absolute atomic E-state index is 12.6. The number of hydrogen-bond donors (Lipinski definition) is 1. The molecule has 1 aliphatic carbocycles. The number of aryl methyl sites for hydroxylation is 2. The summed E-state index contributed by atoms with van der Waals surface area (Å²) in [6.07, 6.45) is 6.68. The second kappa shape index (κ2) is 9.79. The molecular weight excluding hydrogens is 368 g/mol. The minimum atomic E-state index is 0.0306. The molecule has 1 aliphatic rings. The Hall–Kier alpha value is -2.26. The van der Waals surface area contributed by atoms with Crippen LogP contribution in [0, 0.1) is 25.2 Å². The smallest absolute Gasteiger partial charge is 0.224 e. The summed E-state index contributed by atoms with van der Waals surface area (Å²) < 4.78 is 1.87. The first-order valence-corrected chi connectivity index (χ1v) is 10.9. The van der Waals surface area contributed by atoms with Crippen LogP contribution in [0.1, 0.15) is 55.5 Å². The molecule has 0 atom stereocenters. The van der Waals surface area contributed by atoms with Crippen LogP contribution < -0.4 is 5.32 Å². The van der Waals surface area contributed by atoms with Gasteiger partial charge in [0.15, 0.2) is 0 Å². The molecule has 148 valence electrons. The van der Waals surface area contributed by atoms with Crippen LogP contribution >= 0.6 is 11.8 Å². The monoisotopic (exact) mass is 396 g/mol. The second-order valence-corrected chi connectivity index (χ2v) is 8.69. The van der Waals surface area contributed by atoms with Gasteiger partial charge in [0.2, 0.25) is 5.91 Å². The number of anilines is 1. The Bertz CT molecular complexity index is 862. The van der Waals surface area contributed by atoms with Crippen molar-refractivity contribution in [3.05, 3.63) is 41.2 Å². The van der Waals surface area contributed by atoms with E-state index in [2.05, 4.69) is 22.6 Å². The van der Waals surface area contributed by atoms with E-state index >= 15 is 0 Å². The minimum absolute atomic E-state index is 0.0306. The van der Waals surface area contributed by atoms with E-state index < -0.39 is 0 Å². The lowest BCUT2D eigenvalue weighted by Crippen LogP contribution is -2.13. The van der Waals surface area contributed by atoms with Crippen LogP contribution in [0.15, 0.2) is 29.2 Å². The molecule has 2 aromatic rings. The highest BCUT2D eigenvalue weighted by Crippen LogP contribution is 2.38. The number of benzene rings is 1. The normalized spacial score (nSPS) is 14.2. The topological polar surface area (TPSA) is 70.7 Å². The lowest BCUT2D eigenvalue weighted by molar-refractivity contribution is -0.116. The van der Waals surface area contributed by atoms with Crippen LogP contribution in [0.5, 0.6) is 0 Å². The molecule has 1 aromatic carbocycles. The average molecular weight is 397 g/mol.